The minimum atomic E-state index is -0.250. The van der Waals surface area contributed by atoms with Crippen LogP contribution in [0.2, 0.25) is 0 Å². The van der Waals surface area contributed by atoms with Gasteiger partial charge in [0.15, 0.2) is 0 Å². The predicted molar refractivity (Wildman–Crippen MR) is 18.1 cm³/mol. The van der Waals surface area contributed by atoms with Crippen LogP contribution in [-0.4, -0.2) is 23.2 Å². The molecule has 4 nitrogen and oxygen atoms in total. The zero-order chi connectivity index (χ0) is 5.41. The summed E-state index contributed by atoms with van der Waals surface area (Å²) < 4.78 is 0. The average Bonchev–Trinajstić information content (AvgIpc) is 1.39. The number of hydrogen-bond acceptors (Lipinski definition) is 2. The minimum Gasteiger partial charge on any atom is -0.665 e. The van der Waals surface area contributed by atoms with Gasteiger partial charge in [-0.2, -0.15) is 0 Å². The normalized spacial score (nSPS) is 4.00. The van der Waals surface area contributed by atoms with E-state index < -0.39 is 0 Å². The van der Waals surface area contributed by atoms with Crippen LogP contribution in [0.3, 0.4) is 0 Å². The van der Waals surface area contributed by atoms with Crippen LogP contribution in [-0.2, 0) is 9.59 Å². The molecule has 0 spiro atoms. The molecular formula is C2H4O4. The van der Waals surface area contributed by atoms with E-state index in [9.17, 15) is 0 Å². The molecule has 0 atom stereocenters. The molecule has 0 fully saturated rings. The van der Waals surface area contributed by atoms with Gasteiger partial charge in [0.25, 0.3) is 6.47 Å². The van der Waals surface area contributed by atoms with Gasteiger partial charge in [0.1, 0.15) is 0 Å². The maximum Gasteiger partial charge on any atom is 1.00 e. The summed E-state index contributed by atoms with van der Waals surface area (Å²) in [5, 5.41) is 13.7. The molecule has 0 aromatic heterocycles. The van der Waals surface area contributed by atoms with Crippen molar-refractivity contribution in [2.24, 2.45) is 0 Å². The quantitative estimate of drug-likeness (QED) is 0.310. The van der Waals surface area contributed by atoms with Gasteiger partial charge in [-0.3, -0.25) is 4.79 Å². The predicted octanol–water partition coefficient (Wildman–Crippen LogP) is -0.575. The number of rotatable bonds is 0. The smallest absolute Gasteiger partial charge is 0.665 e. The van der Waals surface area contributed by atoms with Crippen molar-refractivity contribution in [3.63, 3.8) is 0 Å². The van der Waals surface area contributed by atoms with Crippen molar-refractivity contribution in [2.75, 3.05) is 0 Å². The molecule has 0 bridgehead atoms. The van der Waals surface area contributed by atoms with Crippen LogP contribution in [0.5, 0.6) is 0 Å². The van der Waals surface area contributed by atoms with E-state index in [0.29, 0.717) is 6.47 Å². The van der Waals surface area contributed by atoms with Crippen LogP contribution in [0.1, 0.15) is 1.43 Å². The van der Waals surface area contributed by atoms with Crippen LogP contribution in [0.15, 0.2) is 0 Å². The highest BCUT2D eigenvalue weighted by atomic mass is 16.3. The first-order valence-corrected chi connectivity index (χ1v) is 0.922. The second-order valence-corrected chi connectivity index (χ2v) is 0.197. The topological polar surface area (TPSA) is 74.6 Å². The average molecular weight is 92.0 g/mol. The summed E-state index contributed by atoms with van der Waals surface area (Å²) in [4.78, 5) is 16.6. The summed E-state index contributed by atoms with van der Waals surface area (Å²) in [6, 6.07) is 0. The van der Waals surface area contributed by atoms with Crippen LogP contribution in [0.25, 0.3) is 0 Å². The van der Waals surface area contributed by atoms with Gasteiger partial charge in [-0.05, 0) is 0 Å². The monoisotopic (exact) mass is 92.0 g/mol. The SMILES string of the molecule is O=CO.O=[C-]O.[H+]. The van der Waals surface area contributed by atoms with E-state index >= 15 is 0 Å². The third-order valence-electron chi connectivity index (χ3n) is 0. The fraction of sp³-hybridized carbons (Fsp3) is 0. The Kier molecular flexibility index (Phi) is 57.0. The third kappa shape index (κ3) is 9.85. The standard InChI is InChI=1S/CH2O2.CHO2/c2*2-1-3/h1H,(H,2,3);(H,2,3)/q;-1/p+1. The van der Waals surface area contributed by atoms with E-state index in [2.05, 4.69) is 0 Å². The molecule has 4 heteroatoms. The molecule has 0 unspecified atom stereocenters. The Hall–Kier alpha value is -1.06. The molecule has 0 saturated heterocycles. The largest absolute Gasteiger partial charge is 1.00 e. The number of aliphatic hydroxyl groups excluding tert-OH is 1. The molecule has 6 heavy (non-hydrogen) atoms. The van der Waals surface area contributed by atoms with Gasteiger partial charge >= 0.3 is 1.43 Å². The lowest BCUT2D eigenvalue weighted by atomic mass is 11.7. The van der Waals surface area contributed by atoms with E-state index in [1.54, 1.807) is 0 Å². The van der Waals surface area contributed by atoms with Gasteiger partial charge in [0, 0.05) is 0 Å². The maximum absolute atomic E-state index is 8.36. The molecule has 2 N–H and O–H groups in total. The highest BCUT2D eigenvalue weighted by Crippen LogP contribution is 0.974. The van der Waals surface area contributed by atoms with E-state index in [4.69, 9.17) is 19.8 Å². The van der Waals surface area contributed by atoms with Crippen LogP contribution in [0.4, 0.5) is 0 Å². The highest BCUT2D eigenvalue weighted by Gasteiger charge is 1.22. The Morgan fingerprint density at radius 2 is 1.83 bits per heavy atom. The molecule has 0 aliphatic carbocycles. The van der Waals surface area contributed by atoms with Crippen LogP contribution < -0.4 is 0 Å². The lowest BCUT2D eigenvalue weighted by Gasteiger charge is -1.60. The number of hydrogen-bond donors (Lipinski definition) is 2. The van der Waals surface area contributed by atoms with E-state index in [0.717, 1.165) is 0 Å². The summed E-state index contributed by atoms with van der Waals surface area (Å²) in [6.45, 7) is 0.250. The molecule has 0 rings (SSSR count). The summed E-state index contributed by atoms with van der Waals surface area (Å²) in [7, 11) is 0. The van der Waals surface area contributed by atoms with Crippen molar-refractivity contribution in [3.8, 4) is 0 Å². The highest BCUT2D eigenvalue weighted by molar-refractivity contribution is 5.34. The second-order valence-electron chi connectivity index (χ2n) is 0.197. The van der Waals surface area contributed by atoms with E-state index in [1.807, 2.05) is 0 Å². The Morgan fingerprint density at radius 3 is 1.83 bits per heavy atom. The molecule has 36 valence electrons. The molecule has 0 amide bonds. The molecule has 0 aromatic rings. The second kappa shape index (κ2) is 38.5. The van der Waals surface area contributed by atoms with Gasteiger partial charge in [0.2, 0.25) is 0 Å². The first kappa shape index (κ1) is 8.87. The third-order valence-corrected chi connectivity index (χ3v) is 0. The summed E-state index contributed by atoms with van der Waals surface area (Å²) in [5.41, 5.74) is 0. The zero-order valence-corrected chi connectivity index (χ0v) is 2.79. The Labute approximate surface area is 35.5 Å². The lowest BCUT2D eigenvalue weighted by molar-refractivity contribution is -0.122. The molecule has 0 radical (unpaired) electrons. The lowest BCUT2D eigenvalue weighted by Crippen LogP contribution is -1.49. The van der Waals surface area contributed by atoms with Crippen molar-refractivity contribution in [2.45, 2.75) is 0 Å². The molecule has 0 heterocycles. The fourth-order valence-electron chi connectivity index (χ4n) is 0. The molecule has 0 aromatic carbocycles. The van der Waals surface area contributed by atoms with Crippen molar-refractivity contribution >= 4 is 12.9 Å². The van der Waals surface area contributed by atoms with Crippen LogP contribution in [0, 0.1) is 0 Å². The van der Waals surface area contributed by atoms with Gasteiger partial charge < -0.3 is 15.0 Å². The summed E-state index contributed by atoms with van der Waals surface area (Å²) >= 11 is 0. The Balaban J connectivity index is -0.0000000400. The van der Waals surface area contributed by atoms with Crippen molar-refractivity contribution in [1.82, 2.24) is 0 Å². The maximum atomic E-state index is 8.36. The van der Waals surface area contributed by atoms with Gasteiger partial charge in [-0.25, -0.2) is 0 Å². The number of carboxylic acid groups (broad SMARTS) is 1. The van der Waals surface area contributed by atoms with E-state index in [-0.39, 0.29) is 7.90 Å². The molecule has 0 saturated carbocycles. The number of carbonyl (C=O) groups is 1. The fourth-order valence-corrected chi connectivity index (χ4v) is 0. The first-order valence-electron chi connectivity index (χ1n) is 0.922. The van der Waals surface area contributed by atoms with Crippen LogP contribution >= 0.6 is 0 Å². The molecular weight excluding hydrogens is 88.0 g/mol. The molecule has 0 aliphatic heterocycles. The minimum absolute atomic E-state index is 0. The van der Waals surface area contributed by atoms with Gasteiger partial charge in [0.05, 0.1) is 0 Å². The molecule has 0 aliphatic rings. The first-order chi connectivity index (χ1) is 2.83. The van der Waals surface area contributed by atoms with Crippen molar-refractivity contribution in [1.29, 1.82) is 0 Å². The Morgan fingerprint density at radius 1 is 1.83 bits per heavy atom. The Bertz CT molecular complexity index is 30.7. The zero-order valence-electron chi connectivity index (χ0n) is 3.79. The summed E-state index contributed by atoms with van der Waals surface area (Å²) in [6.07, 6.45) is 0. The van der Waals surface area contributed by atoms with Crippen molar-refractivity contribution in [3.05, 3.63) is 0 Å². The summed E-state index contributed by atoms with van der Waals surface area (Å²) in [5.74, 6) is 0. The van der Waals surface area contributed by atoms with Crippen molar-refractivity contribution < 1.29 is 21.2 Å². The van der Waals surface area contributed by atoms with Gasteiger partial charge in [-0.15, -0.1) is 0 Å². The van der Waals surface area contributed by atoms with Gasteiger partial charge in [-0.1, -0.05) is 6.47 Å². The van der Waals surface area contributed by atoms with E-state index in [1.165, 1.54) is 0 Å².